The summed E-state index contributed by atoms with van der Waals surface area (Å²) < 4.78 is 5.15. The molecule has 1 aliphatic carbocycles. The summed E-state index contributed by atoms with van der Waals surface area (Å²) in [5.41, 5.74) is 0.757. The molecule has 0 bridgehead atoms. The van der Waals surface area contributed by atoms with Gasteiger partial charge in [-0.25, -0.2) is 4.99 Å². The number of phenolic OH excluding ortho intramolecular Hbond substituents is 1. The van der Waals surface area contributed by atoms with Crippen LogP contribution in [0.5, 0.6) is 11.5 Å². The molecule has 20 heavy (non-hydrogen) atoms. The van der Waals surface area contributed by atoms with Crippen LogP contribution in [0.3, 0.4) is 0 Å². The van der Waals surface area contributed by atoms with Crippen molar-refractivity contribution in [3.05, 3.63) is 23.8 Å². The molecule has 0 aromatic heterocycles. The third-order valence-corrected chi connectivity index (χ3v) is 2.96. The van der Waals surface area contributed by atoms with Crippen LogP contribution < -0.4 is 15.4 Å². The molecule has 6 heteroatoms. The van der Waals surface area contributed by atoms with Crippen LogP contribution in [0.25, 0.3) is 0 Å². The van der Waals surface area contributed by atoms with E-state index < -0.39 is 0 Å². The van der Waals surface area contributed by atoms with Gasteiger partial charge in [-0.3, -0.25) is 0 Å². The lowest BCUT2D eigenvalue weighted by atomic mass is 10.2. The van der Waals surface area contributed by atoms with Gasteiger partial charge in [-0.15, -0.1) is 24.0 Å². The number of benzene rings is 1. The SMILES string of the molecule is CCNC(=NCc1cc(OC)ccc1O)NC1CC1.I. The summed E-state index contributed by atoms with van der Waals surface area (Å²) in [6.07, 6.45) is 2.41. The minimum atomic E-state index is 0. The van der Waals surface area contributed by atoms with Crippen LogP contribution in [0.4, 0.5) is 0 Å². The van der Waals surface area contributed by atoms with Crippen LogP contribution >= 0.6 is 24.0 Å². The van der Waals surface area contributed by atoms with E-state index in [-0.39, 0.29) is 29.7 Å². The maximum atomic E-state index is 9.80. The van der Waals surface area contributed by atoms with Gasteiger partial charge in [0.2, 0.25) is 0 Å². The molecule has 1 aliphatic rings. The zero-order chi connectivity index (χ0) is 13.7. The number of guanidine groups is 1. The molecule has 1 fully saturated rings. The normalized spacial score (nSPS) is 14.4. The van der Waals surface area contributed by atoms with Crippen molar-refractivity contribution in [1.29, 1.82) is 0 Å². The number of nitrogens with one attached hydrogen (secondary N) is 2. The van der Waals surface area contributed by atoms with Gasteiger partial charge in [0, 0.05) is 18.2 Å². The fourth-order valence-corrected chi connectivity index (χ4v) is 1.72. The van der Waals surface area contributed by atoms with Gasteiger partial charge in [0.1, 0.15) is 11.5 Å². The molecule has 112 valence electrons. The number of phenols is 1. The first-order valence-corrected chi connectivity index (χ1v) is 6.63. The average Bonchev–Trinajstić information content (AvgIpc) is 3.22. The number of methoxy groups -OCH3 is 1. The fraction of sp³-hybridized carbons (Fsp3) is 0.500. The van der Waals surface area contributed by atoms with Gasteiger partial charge in [0.15, 0.2) is 5.96 Å². The highest BCUT2D eigenvalue weighted by Crippen LogP contribution is 2.23. The Morgan fingerprint density at radius 3 is 2.80 bits per heavy atom. The highest BCUT2D eigenvalue weighted by Gasteiger charge is 2.22. The van der Waals surface area contributed by atoms with Crippen molar-refractivity contribution in [3.63, 3.8) is 0 Å². The Bertz CT molecular complexity index is 462. The van der Waals surface area contributed by atoms with E-state index in [0.29, 0.717) is 12.6 Å². The summed E-state index contributed by atoms with van der Waals surface area (Å²) >= 11 is 0. The largest absolute Gasteiger partial charge is 0.508 e. The lowest BCUT2D eigenvalue weighted by Crippen LogP contribution is -2.38. The topological polar surface area (TPSA) is 65.9 Å². The molecule has 0 heterocycles. The zero-order valence-corrected chi connectivity index (χ0v) is 14.2. The molecule has 5 nitrogen and oxygen atoms in total. The van der Waals surface area contributed by atoms with Gasteiger partial charge in [0.05, 0.1) is 13.7 Å². The Balaban J connectivity index is 0.00000200. The van der Waals surface area contributed by atoms with Crippen LogP contribution in [-0.4, -0.2) is 30.8 Å². The highest BCUT2D eigenvalue weighted by molar-refractivity contribution is 14.0. The Kier molecular flexibility index (Phi) is 6.90. The molecule has 1 saturated carbocycles. The van der Waals surface area contributed by atoms with E-state index in [9.17, 15) is 5.11 Å². The van der Waals surface area contributed by atoms with E-state index in [0.717, 1.165) is 23.8 Å². The van der Waals surface area contributed by atoms with E-state index in [1.54, 1.807) is 25.3 Å². The summed E-state index contributed by atoms with van der Waals surface area (Å²) in [4.78, 5) is 4.48. The smallest absolute Gasteiger partial charge is 0.191 e. The second-order valence-corrected chi connectivity index (χ2v) is 4.61. The molecule has 3 N–H and O–H groups in total. The lowest BCUT2D eigenvalue weighted by molar-refractivity contribution is 0.411. The zero-order valence-electron chi connectivity index (χ0n) is 11.8. The first kappa shape index (κ1) is 16.9. The molecule has 1 aromatic carbocycles. The molecule has 2 rings (SSSR count). The molecule has 0 aliphatic heterocycles. The van der Waals surface area contributed by atoms with Gasteiger partial charge in [-0.05, 0) is 38.0 Å². The summed E-state index contributed by atoms with van der Waals surface area (Å²) in [5, 5.41) is 16.3. The number of rotatable bonds is 5. The molecule has 0 atom stereocenters. The summed E-state index contributed by atoms with van der Waals surface area (Å²) in [7, 11) is 1.61. The van der Waals surface area contributed by atoms with Crippen molar-refractivity contribution >= 4 is 29.9 Å². The molecule has 0 unspecified atom stereocenters. The van der Waals surface area contributed by atoms with Crippen molar-refractivity contribution < 1.29 is 9.84 Å². The molecule has 0 spiro atoms. The number of hydrogen-bond acceptors (Lipinski definition) is 3. The number of aliphatic imine (C=N–C) groups is 1. The number of halogens is 1. The van der Waals surface area contributed by atoms with E-state index in [1.807, 2.05) is 6.92 Å². The Morgan fingerprint density at radius 2 is 2.20 bits per heavy atom. The van der Waals surface area contributed by atoms with E-state index >= 15 is 0 Å². The Labute approximate surface area is 136 Å². The van der Waals surface area contributed by atoms with Crippen LogP contribution in [0.15, 0.2) is 23.2 Å². The number of hydrogen-bond donors (Lipinski definition) is 3. The number of nitrogens with zero attached hydrogens (tertiary/aromatic N) is 1. The quantitative estimate of drug-likeness (QED) is 0.409. The second kappa shape index (κ2) is 8.18. The van der Waals surface area contributed by atoms with Crippen LogP contribution in [0.1, 0.15) is 25.3 Å². The molecule has 0 radical (unpaired) electrons. The van der Waals surface area contributed by atoms with Crippen molar-refractivity contribution in [2.24, 2.45) is 4.99 Å². The third-order valence-electron chi connectivity index (χ3n) is 2.96. The Hall–Kier alpha value is -1.18. The van der Waals surface area contributed by atoms with E-state index in [4.69, 9.17) is 4.74 Å². The standard InChI is InChI=1S/C14H21N3O2.HI/c1-3-15-14(17-11-4-5-11)16-9-10-8-12(19-2)6-7-13(10)18;/h6-8,11,18H,3-5,9H2,1-2H3,(H2,15,16,17);1H. The summed E-state index contributed by atoms with van der Waals surface area (Å²) in [5.74, 6) is 1.77. The summed E-state index contributed by atoms with van der Waals surface area (Å²) in [6, 6.07) is 5.72. The van der Waals surface area contributed by atoms with Crippen LogP contribution in [0, 0.1) is 0 Å². The van der Waals surface area contributed by atoms with Crippen molar-refractivity contribution in [1.82, 2.24) is 10.6 Å². The molecule has 0 saturated heterocycles. The first-order valence-electron chi connectivity index (χ1n) is 6.63. The van der Waals surface area contributed by atoms with Crippen LogP contribution in [0.2, 0.25) is 0 Å². The van der Waals surface area contributed by atoms with Gasteiger partial charge < -0.3 is 20.5 Å². The minimum Gasteiger partial charge on any atom is -0.508 e. The predicted molar refractivity (Wildman–Crippen MR) is 91.0 cm³/mol. The fourth-order valence-electron chi connectivity index (χ4n) is 1.72. The average molecular weight is 391 g/mol. The maximum Gasteiger partial charge on any atom is 0.191 e. The lowest BCUT2D eigenvalue weighted by Gasteiger charge is -2.11. The first-order chi connectivity index (χ1) is 9.22. The van der Waals surface area contributed by atoms with Gasteiger partial charge in [-0.1, -0.05) is 0 Å². The van der Waals surface area contributed by atoms with Crippen molar-refractivity contribution in [2.45, 2.75) is 32.4 Å². The minimum absolute atomic E-state index is 0. The monoisotopic (exact) mass is 391 g/mol. The third kappa shape index (κ3) is 5.07. The van der Waals surface area contributed by atoms with Gasteiger partial charge in [-0.2, -0.15) is 0 Å². The predicted octanol–water partition coefficient (Wildman–Crippen LogP) is 2.24. The van der Waals surface area contributed by atoms with Crippen molar-refractivity contribution in [2.75, 3.05) is 13.7 Å². The van der Waals surface area contributed by atoms with Crippen LogP contribution in [-0.2, 0) is 6.54 Å². The van der Waals surface area contributed by atoms with E-state index in [1.165, 1.54) is 12.8 Å². The number of ether oxygens (including phenoxy) is 1. The van der Waals surface area contributed by atoms with Crippen molar-refractivity contribution in [3.8, 4) is 11.5 Å². The Morgan fingerprint density at radius 1 is 1.45 bits per heavy atom. The maximum absolute atomic E-state index is 9.80. The number of aromatic hydroxyl groups is 1. The molecule has 1 aromatic rings. The highest BCUT2D eigenvalue weighted by atomic mass is 127. The summed E-state index contributed by atoms with van der Waals surface area (Å²) in [6.45, 7) is 3.28. The van der Waals surface area contributed by atoms with Gasteiger partial charge >= 0.3 is 0 Å². The van der Waals surface area contributed by atoms with Gasteiger partial charge in [0.25, 0.3) is 0 Å². The second-order valence-electron chi connectivity index (χ2n) is 4.61. The molecular formula is C14H22IN3O2. The van der Waals surface area contributed by atoms with E-state index in [2.05, 4.69) is 15.6 Å². The molecular weight excluding hydrogens is 369 g/mol. The molecule has 0 amide bonds.